The van der Waals surface area contributed by atoms with Gasteiger partial charge in [-0.3, -0.25) is 9.20 Å². The van der Waals surface area contributed by atoms with Gasteiger partial charge in [-0.2, -0.15) is 0 Å². The topological polar surface area (TPSA) is 52.8 Å². The zero-order chi connectivity index (χ0) is 18.5. The van der Waals surface area contributed by atoms with Crippen molar-refractivity contribution in [3.8, 4) is 34.0 Å². The fourth-order valence-electron chi connectivity index (χ4n) is 3.35. The number of nitrogens with zero attached hydrogens (tertiary/aromatic N) is 2. The minimum absolute atomic E-state index is 0.217. The molecule has 5 rings (SSSR count). The average molecular weight is 376 g/mol. The van der Waals surface area contributed by atoms with E-state index in [1.807, 2.05) is 28.0 Å². The molecule has 0 amide bonds. The van der Waals surface area contributed by atoms with Gasteiger partial charge >= 0.3 is 0 Å². The van der Waals surface area contributed by atoms with Crippen LogP contribution >= 0.6 is 11.3 Å². The Morgan fingerprint density at radius 1 is 1.04 bits per heavy atom. The number of imidazole rings is 1. The van der Waals surface area contributed by atoms with Crippen molar-refractivity contribution in [1.82, 2.24) is 9.38 Å². The maximum atomic E-state index is 12.0. The first kappa shape index (κ1) is 16.1. The Labute approximate surface area is 159 Å². The lowest BCUT2D eigenvalue weighted by molar-refractivity contribution is 0.111. The number of rotatable bonds is 3. The molecule has 3 heterocycles. The standard InChI is InChI=1S/C21H16N2O3S/c1-12-3-4-14(7-13(12)2)17-10-27-21-22-20(16(9-24)23(17)21)15-5-6-18-19(8-15)26-11-25-18/h3-10H,11H2,1-2H3. The molecule has 0 fully saturated rings. The van der Waals surface area contributed by atoms with Crippen LogP contribution in [0.1, 0.15) is 21.6 Å². The van der Waals surface area contributed by atoms with Crippen LogP contribution in [0.3, 0.4) is 0 Å². The molecule has 0 spiro atoms. The summed E-state index contributed by atoms with van der Waals surface area (Å²) < 4.78 is 12.8. The second-order valence-corrected chi connectivity index (χ2v) is 7.41. The van der Waals surface area contributed by atoms with Crippen molar-refractivity contribution in [3.63, 3.8) is 0 Å². The Bertz CT molecular complexity index is 1210. The van der Waals surface area contributed by atoms with Gasteiger partial charge in [-0.25, -0.2) is 4.98 Å². The van der Waals surface area contributed by atoms with Crippen LogP contribution in [-0.4, -0.2) is 22.5 Å². The van der Waals surface area contributed by atoms with Gasteiger partial charge in [0.2, 0.25) is 6.79 Å². The smallest absolute Gasteiger partial charge is 0.231 e. The summed E-state index contributed by atoms with van der Waals surface area (Å²) >= 11 is 1.53. The minimum atomic E-state index is 0.217. The first-order valence-electron chi connectivity index (χ1n) is 8.58. The zero-order valence-corrected chi connectivity index (χ0v) is 15.7. The number of thiazole rings is 1. The van der Waals surface area contributed by atoms with Crippen LogP contribution in [0.2, 0.25) is 0 Å². The van der Waals surface area contributed by atoms with Crippen molar-refractivity contribution < 1.29 is 14.3 Å². The number of hydrogen-bond donors (Lipinski definition) is 0. The predicted octanol–water partition coefficient (Wildman–Crippen LogP) is 4.89. The number of aryl methyl sites for hydroxylation is 2. The van der Waals surface area contributed by atoms with Crippen LogP contribution < -0.4 is 9.47 Å². The molecular weight excluding hydrogens is 360 g/mol. The number of ether oxygens (including phenoxy) is 2. The Morgan fingerprint density at radius 3 is 2.67 bits per heavy atom. The summed E-state index contributed by atoms with van der Waals surface area (Å²) in [5, 5.41) is 2.04. The highest BCUT2D eigenvalue weighted by atomic mass is 32.1. The fourth-order valence-corrected chi connectivity index (χ4v) is 4.25. The predicted molar refractivity (Wildman–Crippen MR) is 105 cm³/mol. The molecule has 0 radical (unpaired) electrons. The van der Waals surface area contributed by atoms with Crippen LogP contribution in [0.15, 0.2) is 41.8 Å². The van der Waals surface area contributed by atoms with Gasteiger partial charge in [-0.1, -0.05) is 12.1 Å². The number of benzene rings is 2. The number of carbonyl (C=O) groups is 1. The molecule has 1 aliphatic heterocycles. The second kappa shape index (κ2) is 5.96. The highest BCUT2D eigenvalue weighted by Gasteiger charge is 2.21. The first-order chi connectivity index (χ1) is 13.2. The van der Waals surface area contributed by atoms with Crippen molar-refractivity contribution in [2.75, 3.05) is 6.79 Å². The van der Waals surface area contributed by atoms with E-state index in [1.165, 1.54) is 22.5 Å². The summed E-state index contributed by atoms with van der Waals surface area (Å²) in [6.45, 7) is 4.40. The lowest BCUT2D eigenvalue weighted by Gasteiger charge is -2.06. The second-order valence-electron chi connectivity index (χ2n) is 6.57. The number of hydrogen-bond acceptors (Lipinski definition) is 5. The molecule has 0 saturated heterocycles. The van der Waals surface area contributed by atoms with Crippen LogP contribution in [0, 0.1) is 13.8 Å². The Morgan fingerprint density at radius 2 is 1.85 bits per heavy atom. The normalized spacial score (nSPS) is 12.7. The van der Waals surface area contributed by atoms with Crippen LogP contribution in [-0.2, 0) is 0 Å². The molecule has 0 aliphatic carbocycles. The summed E-state index contributed by atoms with van der Waals surface area (Å²) in [5.74, 6) is 1.39. The van der Waals surface area contributed by atoms with E-state index < -0.39 is 0 Å². The zero-order valence-electron chi connectivity index (χ0n) is 14.9. The highest BCUT2D eigenvalue weighted by molar-refractivity contribution is 7.15. The Balaban J connectivity index is 1.71. The number of carbonyl (C=O) groups excluding carboxylic acids is 1. The third-order valence-corrected chi connectivity index (χ3v) is 5.79. The van der Waals surface area contributed by atoms with Gasteiger partial charge in [-0.15, -0.1) is 11.3 Å². The third kappa shape index (κ3) is 2.44. The summed E-state index contributed by atoms with van der Waals surface area (Å²) in [4.78, 5) is 17.5. The molecule has 4 aromatic rings. The molecular formula is C21H16N2O3S. The number of aldehydes is 1. The van der Waals surface area contributed by atoms with Gasteiger partial charge in [-0.05, 0) is 54.8 Å². The van der Waals surface area contributed by atoms with E-state index in [0.717, 1.165) is 28.1 Å². The first-order valence-corrected chi connectivity index (χ1v) is 9.46. The van der Waals surface area contributed by atoms with E-state index >= 15 is 0 Å². The van der Waals surface area contributed by atoms with Crippen LogP contribution in [0.25, 0.3) is 27.5 Å². The van der Waals surface area contributed by atoms with E-state index in [0.29, 0.717) is 22.9 Å². The van der Waals surface area contributed by atoms with E-state index in [-0.39, 0.29) is 6.79 Å². The molecule has 6 heteroatoms. The van der Waals surface area contributed by atoms with E-state index in [4.69, 9.17) is 14.5 Å². The van der Waals surface area contributed by atoms with Gasteiger partial charge < -0.3 is 9.47 Å². The largest absolute Gasteiger partial charge is 0.454 e. The Kier molecular flexibility index (Phi) is 3.55. The van der Waals surface area contributed by atoms with Gasteiger partial charge in [0.05, 0.1) is 5.69 Å². The third-order valence-electron chi connectivity index (χ3n) is 4.96. The van der Waals surface area contributed by atoms with Gasteiger partial charge in [0, 0.05) is 10.9 Å². The summed E-state index contributed by atoms with van der Waals surface area (Å²) in [6.07, 6.45) is 0.872. The molecule has 2 aromatic carbocycles. The number of aromatic nitrogens is 2. The molecule has 0 bridgehead atoms. The quantitative estimate of drug-likeness (QED) is 0.478. The van der Waals surface area contributed by atoms with Gasteiger partial charge in [0.15, 0.2) is 22.7 Å². The molecule has 27 heavy (non-hydrogen) atoms. The van der Waals surface area contributed by atoms with Crippen molar-refractivity contribution in [2.45, 2.75) is 13.8 Å². The van der Waals surface area contributed by atoms with Crippen molar-refractivity contribution in [3.05, 3.63) is 58.6 Å². The van der Waals surface area contributed by atoms with E-state index in [9.17, 15) is 4.79 Å². The minimum Gasteiger partial charge on any atom is -0.454 e. The maximum Gasteiger partial charge on any atom is 0.231 e. The van der Waals surface area contributed by atoms with Crippen LogP contribution in [0.4, 0.5) is 0 Å². The lowest BCUT2D eigenvalue weighted by atomic mass is 10.0. The van der Waals surface area contributed by atoms with Crippen LogP contribution in [0.5, 0.6) is 11.5 Å². The monoisotopic (exact) mass is 376 g/mol. The van der Waals surface area contributed by atoms with Crippen molar-refractivity contribution in [1.29, 1.82) is 0 Å². The maximum absolute atomic E-state index is 12.0. The molecule has 5 nitrogen and oxygen atoms in total. The van der Waals surface area contributed by atoms with E-state index in [2.05, 4.69) is 32.0 Å². The fraction of sp³-hybridized carbons (Fsp3) is 0.143. The van der Waals surface area contributed by atoms with Crippen molar-refractivity contribution in [2.24, 2.45) is 0 Å². The molecule has 0 saturated carbocycles. The van der Waals surface area contributed by atoms with Gasteiger partial charge in [0.1, 0.15) is 11.4 Å². The molecule has 0 unspecified atom stereocenters. The molecule has 0 atom stereocenters. The average Bonchev–Trinajstić information content (AvgIpc) is 3.37. The molecule has 134 valence electrons. The number of fused-ring (bicyclic) bond motifs is 2. The van der Waals surface area contributed by atoms with Gasteiger partial charge in [0.25, 0.3) is 0 Å². The SMILES string of the molecule is Cc1ccc(-c2csc3nc(-c4ccc5c(c4)OCO5)c(C=O)n23)cc1C. The summed E-state index contributed by atoms with van der Waals surface area (Å²) in [6, 6.07) is 12.0. The highest BCUT2D eigenvalue weighted by Crippen LogP contribution is 2.38. The summed E-state index contributed by atoms with van der Waals surface area (Å²) in [7, 11) is 0. The molecule has 1 aliphatic rings. The lowest BCUT2D eigenvalue weighted by Crippen LogP contribution is -1.95. The van der Waals surface area contributed by atoms with Crippen molar-refractivity contribution >= 4 is 22.6 Å². The summed E-state index contributed by atoms with van der Waals surface area (Å²) in [5.41, 5.74) is 6.53. The Hall–Kier alpha value is -3.12. The molecule has 2 aromatic heterocycles. The van der Waals surface area contributed by atoms with E-state index in [1.54, 1.807) is 0 Å². The molecule has 0 N–H and O–H groups in total.